The van der Waals surface area contributed by atoms with Gasteiger partial charge in [-0.25, -0.2) is 4.99 Å². The van der Waals surface area contributed by atoms with E-state index in [1.165, 1.54) is 0 Å². The van der Waals surface area contributed by atoms with Gasteiger partial charge >= 0.3 is 0 Å². The topological polar surface area (TPSA) is 127 Å². The minimum atomic E-state index is -2.79. The fraction of sp³-hybridized carbons (Fsp3) is 0.946. The number of rotatable bonds is 14. The molecule has 3 heterocycles. The van der Waals surface area contributed by atoms with Gasteiger partial charge in [0.1, 0.15) is 59.9 Å². The fourth-order valence-corrected chi connectivity index (χ4v) is 39.5. The molecule has 0 amide bonds. The summed E-state index contributed by atoms with van der Waals surface area (Å²) in [7, 11) is -8.28. The van der Waals surface area contributed by atoms with Crippen molar-refractivity contribution in [1.82, 2.24) is 9.47 Å². The molecule has 3 aliphatic heterocycles. The molecule has 9 nitrogen and oxygen atoms in total. The Hall–Kier alpha value is -0.319. The van der Waals surface area contributed by atoms with Gasteiger partial charge in [0.25, 0.3) is 0 Å². The van der Waals surface area contributed by atoms with Crippen LogP contribution in [0.2, 0.25) is 49.9 Å². The Morgan fingerprint density at radius 3 is 1.44 bits per heavy atom. The Bertz CT molecular complexity index is 1180. The third-order valence-electron chi connectivity index (χ3n) is 14.2. The summed E-state index contributed by atoms with van der Waals surface area (Å²) in [6.45, 7) is 42.0. The SMILES string of the molecule is CC(C)[Si](C(C)C)(C(C)C)N1C2N([C@@H]3O[C@H](CO)C(O)C3O)C=NC2([Si](C(C)C)(C(C)C)C(C)C)C(N)=NC1(Cl)[Si](C(C)C)(C(C)C)C(C)C. The van der Waals surface area contributed by atoms with Gasteiger partial charge in [-0.2, -0.15) is 0 Å². The Labute approximate surface area is 314 Å². The van der Waals surface area contributed by atoms with Crippen molar-refractivity contribution in [1.29, 1.82) is 0 Å². The van der Waals surface area contributed by atoms with Crippen LogP contribution in [0.3, 0.4) is 0 Å². The number of hydrogen-bond donors (Lipinski definition) is 4. The summed E-state index contributed by atoms with van der Waals surface area (Å²) in [5.41, 5.74) is 10.1. The number of aliphatic imine (C=N–C) groups is 2. The summed E-state index contributed by atoms with van der Waals surface area (Å²) in [5, 5.41) is 32.3. The molecule has 0 radical (unpaired) electrons. The lowest BCUT2D eigenvalue weighted by Crippen LogP contribution is -2.89. The number of amidine groups is 1. The molecule has 1 fully saturated rings. The van der Waals surface area contributed by atoms with E-state index >= 15 is 0 Å². The molecule has 0 aliphatic carbocycles. The molecule has 13 heteroatoms. The number of aliphatic hydroxyl groups excluding tert-OH is 3. The van der Waals surface area contributed by atoms with Gasteiger partial charge in [0.15, 0.2) is 11.0 Å². The number of fused-ring (bicyclic) bond motifs is 1. The minimum Gasteiger partial charge on any atom is -0.394 e. The minimum absolute atomic E-state index is 0.261. The van der Waals surface area contributed by atoms with Gasteiger partial charge in [-0.05, 0) is 49.9 Å². The van der Waals surface area contributed by atoms with Gasteiger partial charge in [-0.15, -0.1) is 0 Å². The number of ether oxygens (including phenoxy) is 1. The second-order valence-electron chi connectivity index (χ2n) is 18.7. The lowest BCUT2D eigenvalue weighted by Gasteiger charge is -2.70. The molecule has 0 bridgehead atoms. The van der Waals surface area contributed by atoms with E-state index in [2.05, 4.69) is 134 Å². The molecule has 5 N–H and O–H groups in total. The van der Waals surface area contributed by atoms with Gasteiger partial charge in [-0.3, -0.25) is 9.56 Å². The van der Waals surface area contributed by atoms with Crippen LogP contribution in [0.1, 0.15) is 125 Å². The lowest BCUT2D eigenvalue weighted by atomic mass is 10.1. The molecule has 3 rings (SSSR count). The zero-order valence-corrected chi connectivity index (χ0v) is 38.6. The van der Waals surface area contributed by atoms with Crippen LogP contribution in [-0.4, -0.2) is 109 Å². The third-order valence-corrected chi connectivity index (χ3v) is 37.7. The number of nitrogens with zero attached hydrogens (tertiary/aromatic N) is 4. The molecule has 5 unspecified atom stereocenters. The zero-order valence-electron chi connectivity index (χ0n) is 34.9. The first kappa shape index (κ1) is 44.1. The lowest BCUT2D eigenvalue weighted by molar-refractivity contribution is -0.0990. The van der Waals surface area contributed by atoms with Crippen LogP contribution >= 0.6 is 11.6 Å². The van der Waals surface area contributed by atoms with E-state index in [1.807, 2.05) is 6.34 Å². The van der Waals surface area contributed by atoms with Crippen LogP contribution < -0.4 is 5.73 Å². The molecule has 0 aromatic carbocycles. The van der Waals surface area contributed by atoms with Crippen LogP contribution in [0.5, 0.6) is 0 Å². The Morgan fingerprint density at radius 1 is 0.720 bits per heavy atom. The van der Waals surface area contributed by atoms with Crippen LogP contribution in [0.15, 0.2) is 9.98 Å². The predicted octanol–water partition coefficient (Wildman–Crippen LogP) is 8.01. The number of alkyl halides is 1. The van der Waals surface area contributed by atoms with Crippen LogP contribution in [0.4, 0.5) is 0 Å². The molecule has 50 heavy (non-hydrogen) atoms. The van der Waals surface area contributed by atoms with E-state index in [1.54, 1.807) is 0 Å². The first-order chi connectivity index (χ1) is 22.8. The second-order valence-corrected chi connectivity index (χ2v) is 37.3. The molecule has 7 atom stereocenters. The van der Waals surface area contributed by atoms with Gasteiger partial charge < -0.3 is 30.7 Å². The van der Waals surface area contributed by atoms with E-state index < -0.39 is 71.6 Å². The third kappa shape index (κ3) is 5.56. The fourth-order valence-electron chi connectivity index (χ4n) is 13.4. The van der Waals surface area contributed by atoms with Gasteiger partial charge in [0.05, 0.1) is 12.9 Å². The molecule has 0 aromatic rings. The molecule has 3 aliphatic rings. The maximum absolute atomic E-state index is 11.8. The summed E-state index contributed by atoms with van der Waals surface area (Å²) in [6.07, 6.45) is -3.06. The number of nitrogens with two attached hydrogens (primary N) is 1. The molecule has 0 aromatic heterocycles. The first-order valence-corrected chi connectivity index (χ1v) is 26.6. The Balaban J connectivity index is 2.81. The van der Waals surface area contributed by atoms with Crippen molar-refractivity contribution in [3.63, 3.8) is 0 Å². The van der Waals surface area contributed by atoms with E-state index in [4.69, 9.17) is 32.1 Å². The normalized spacial score (nSPS) is 31.8. The highest BCUT2D eigenvalue weighted by Crippen LogP contribution is 2.65. The molecular formula is C37H76ClN5O4Si3. The number of halogens is 1. The highest BCUT2D eigenvalue weighted by atomic mass is 35.5. The quantitative estimate of drug-likeness (QED) is 0.0801. The van der Waals surface area contributed by atoms with Crippen molar-refractivity contribution >= 4 is 48.2 Å². The largest absolute Gasteiger partial charge is 0.394 e. The number of aliphatic hydroxyl groups is 3. The van der Waals surface area contributed by atoms with Crippen molar-refractivity contribution in [3.8, 4) is 0 Å². The molecule has 0 spiro atoms. The van der Waals surface area contributed by atoms with Crippen molar-refractivity contribution in [2.24, 2.45) is 15.7 Å². The standard InChI is InChI=1S/C37H76ClN5O4Si3/c1-21(2)48(22(3)4,23(5)6)36-34(39)41-37(38,49(24(7)8,25(9)10)26(11)12)43(50(27(13)14,28(15)16)29(17)18)35(36)42(20-40-36)33-32(46)31(45)30(19-44)47-33/h20-33,35,44-46H,19H2,1-18H3,(H2,39,41)/t30-,31?,32?,33-,35?,36?,37?/m1/s1. The maximum atomic E-state index is 11.8. The van der Waals surface area contributed by atoms with Crippen LogP contribution in [0.25, 0.3) is 0 Å². The average molecular weight is 775 g/mol. The maximum Gasteiger partial charge on any atom is 0.171 e. The number of hydrogen-bond acceptors (Lipinski definition) is 9. The van der Waals surface area contributed by atoms with E-state index in [-0.39, 0.29) is 49.9 Å². The summed E-state index contributed by atoms with van der Waals surface area (Å²) in [6, 6.07) is 0. The van der Waals surface area contributed by atoms with Crippen LogP contribution in [-0.2, 0) is 4.74 Å². The predicted molar refractivity (Wildman–Crippen MR) is 220 cm³/mol. The van der Waals surface area contributed by atoms with Gasteiger partial charge in [0.2, 0.25) is 0 Å². The zero-order chi connectivity index (χ0) is 38.9. The molecule has 0 saturated carbocycles. The smallest absolute Gasteiger partial charge is 0.171 e. The van der Waals surface area contributed by atoms with E-state index in [0.29, 0.717) is 5.84 Å². The highest BCUT2D eigenvalue weighted by molar-refractivity contribution is 6.95. The molecule has 1 saturated heterocycles. The van der Waals surface area contributed by atoms with Crippen molar-refractivity contribution in [3.05, 3.63) is 0 Å². The van der Waals surface area contributed by atoms with Crippen LogP contribution in [0, 0.1) is 0 Å². The van der Waals surface area contributed by atoms with Crippen molar-refractivity contribution in [2.45, 2.75) is 215 Å². The molecular weight excluding hydrogens is 698 g/mol. The van der Waals surface area contributed by atoms with Crippen molar-refractivity contribution < 1.29 is 20.1 Å². The van der Waals surface area contributed by atoms with Gasteiger partial charge in [0, 0.05) is 0 Å². The molecule has 292 valence electrons. The van der Waals surface area contributed by atoms with E-state index in [0.717, 1.165) is 0 Å². The summed E-state index contributed by atoms with van der Waals surface area (Å²) >= 11 is 8.77. The van der Waals surface area contributed by atoms with Gasteiger partial charge in [-0.1, -0.05) is 136 Å². The highest BCUT2D eigenvalue weighted by Gasteiger charge is 2.79. The summed E-state index contributed by atoms with van der Waals surface area (Å²) in [4.78, 5) is 13.6. The summed E-state index contributed by atoms with van der Waals surface area (Å²) < 4.78 is 8.06. The summed E-state index contributed by atoms with van der Waals surface area (Å²) in [5.74, 6) is 0.514. The van der Waals surface area contributed by atoms with Crippen molar-refractivity contribution in [2.75, 3.05) is 6.61 Å². The first-order valence-electron chi connectivity index (χ1n) is 19.6. The second kappa shape index (κ2) is 15.1. The van der Waals surface area contributed by atoms with E-state index in [9.17, 15) is 15.3 Å². The monoisotopic (exact) mass is 773 g/mol. The Kier molecular flexibility index (Phi) is 13.3. The Morgan fingerprint density at radius 2 is 1.12 bits per heavy atom. The average Bonchev–Trinajstić information content (AvgIpc) is 3.47.